The van der Waals surface area contributed by atoms with Crippen molar-refractivity contribution in [2.75, 3.05) is 0 Å². The van der Waals surface area contributed by atoms with Crippen LogP contribution in [0.2, 0.25) is 0 Å². The first-order valence-corrected chi connectivity index (χ1v) is 5.72. The molecule has 3 nitrogen and oxygen atoms in total. The Bertz CT molecular complexity index is 534. The van der Waals surface area contributed by atoms with E-state index in [4.69, 9.17) is 9.84 Å². The normalized spacial score (nSPS) is 11.8. The molecule has 0 aliphatic carbocycles. The Hall–Kier alpha value is -2.29. The number of carboxylic acids is 1. The lowest BCUT2D eigenvalue weighted by Crippen LogP contribution is -2.23. The van der Waals surface area contributed by atoms with E-state index < -0.39 is 12.1 Å². The zero-order chi connectivity index (χ0) is 13.0. The molecule has 0 aromatic heterocycles. The van der Waals surface area contributed by atoms with Gasteiger partial charge in [0.05, 0.1) is 0 Å². The van der Waals surface area contributed by atoms with Crippen LogP contribution in [0.3, 0.4) is 0 Å². The van der Waals surface area contributed by atoms with Gasteiger partial charge in [-0.1, -0.05) is 48.5 Å². The van der Waals surface area contributed by atoms with Crippen LogP contribution in [0.5, 0.6) is 5.75 Å². The zero-order valence-electron chi connectivity index (χ0n) is 10.0. The second-order valence-electron chi connectivity index (χ2n) is 3.96. The molecule has 2 aromatic rings. The Labute approximate surface area is 106 Å². The summed E-state index contributed by atoms with van der Waals surface area (Å²) in [4.78, 5) is 10.8. The number of carbonyl (C=O) groups is 1. The van der Waals surface area contributed by atoms with Gasteiger partial charge < -0.3 is 9.84 Å². The monoisotopic (exact) mass is 242 g/mol. The molecule has 92 valence electrons. The molecule has 1 atom stereocenters. The van der Waals surface area contributed by atoms with Gasteiger partial charge in [0, 0.05) is 5.56 Å². The molecule has 1 unspecified atom stereocenters. The number of carboxylic acid groups (broad SMARTS) is 1. The molecule has 1 N–H and O–H groups in total. The molecular weight excluding hydrogens is 228 g/mol. The van der Waals surface area contributed by atoms with Gasteiger partial charge >= 0.3 is 5.97 Å². The second kappa shape index (κ2) is 5.36. The number of para-hydroxylation sites is 1. The molecule has 0 bridgehead atoms. The van der Waals surface area contributed by atoms with Crippen LogP contribution in [0.4, 0.5) is 0 Å². The number of benzene rings is 2. The smallest absolute Gasteiger partial charge is 0.344 e. The second-order valence-corrected chi connectivity index (χ2v) is 3.96. The van der Waals surface area contributed by atoms with Crippen molar-refractivity contribution >= 4 is 5.97 Å². The van der Waals surface area contributed by atoms with Crippen LogP contribution in [0.25, 0.3) is 11.1 Å². The van der Waals surface area contributed by atoms with E-state index in [-0.39, 0.29) is 0 Å². The van der Waals surface area contributed by atoms with Crippen molar-refractivity contribution in [2.24, 2.45) is 0 Å². The lowest BCUT2D eigenvalue weighted by atomic mass is 10.0. The summed E-state index contributed by atoms with van der Waals surface area (Å²) in [5, 5.41) is 8.88. The third-order valence-electron chi connectivity index (χ3n) is 2.62. The predicted octanol–water partition coefficient (Wildman–Crippen LogP) is 3.21. The molecule has 2 rings (SSSR count). The van der Waals surface area contributed by atoms with Gasteiger partial charge in [-0.15, -0.1) is 0 Å². The number of hydrogen-bond donors (Lipinski definition) is 1. The van der Waals surface area contributed by atoms with Gasteiger partial charge in [0.2, 0.25) is 0 Å². The summed E-state index contributed by atoms with van der Waals surface area (Å²) < 4.78 is 5.46. The molecule has 0 aliphatic heterocycles. The van der Waals surface area contributed by atoms with E-state index in [1.807, 2.05) is 48.5 Å². The number of hydrogen-bond acceptors (Lipinski definition) is 2. The SMILES string of the molecule is CC(Oc1ccccc1-c1ccccc1)C(=O)O. The summed E-state index contributed by atoms with van der Waals surface area (Å²) in [6, 6.07) is 17.2. The minimum absolute atomic E-state index is 0.582. The minimum atomic E-state index is -0.974. The van der Waals surface area contributed by atoms with Crippen LogP contribution in [0.1, 0.15) is 6.92 Å². The summed E-state index contributed by atoms with van der Waals surface area (Å²) in [6.07, 6.45) is -0.866. The summed E-state index contributed by atoms with van der Waals surface area (Å²) in [5.74, 6) is -0.392. The van der Waals surface area contributed by atoms with Gasteiger partial charge in [-0.3, -0.25) is 0 Å². The van der Waals surface area contributed by atoms with Crippen molar-refractivity contribution in [3.05, 3.63) is 54.6 Å². The van der Waals surface area contributed by atoms with Crippen LogP contribution in [0.15, 0.2) is 54.6 Å². The van der Waals surface area contributed by atoms with E-state index >= 15 is 0 Å². The van der Waals surface area contributed by atoms with Crippen molar-refractivity contribution in [3.63, 3.8) is 0 Å². The van der Waals surface area contributed by atoms with Gasteiger partial charge in [0.15, 0.2) is 6.10 Å². The number of aliphatic carboxylic acids is 1. The molecule has 0 fully saturated rings. The van der Waals surface area contributed by atoms with Crippen molar-refractivity contribution in [3.8, 4) is 16.9 Å². The van der Waals surface area contributed by atoms with E-state index in [0.717, 1.165) is 11.1 Å². The summed E-state index contributed by atoms with van der Waals surface area (Å²) in [7, 11) is 0. The third kappa shape index (κ3) is 2.69. The van der Waals surface area contributed by atoms with Crippen molar-refractivity contribution in [2.45, 2.75) is 13.0 Å². The largest absolute Gasteiger partial charge is 0.479 e. The van der Waals surface area contributed by atoms with E-state index in [0.29, 0.717) is 5.75 Å². The van der Waals surface area contributed by atoms with Crippen LogP contribution in [-0.2, 0) is 4.79 Å². The first kappa shape index (κ1) is 12.2. The minimum Gasteiger partial charge on any atom is -0.479 e. The Balaban J connectivity index is 2.35. The lowest BCUT2D eigenvalue weighted by Gasteiger charge is -2.14. The maximum atomic E-state index is 10.8. The van der Waals surface area contributed by atoms with Crippen LogP contribution in [-0.4, -0.2) is 17.2 Å². The van der Waals surface area contributed by atoms with E-state index in [1.165, 1.54) is 6.92 Å². The number of rotatable bonds is 4. The highest BCUT2D eigenvalue weighted by Crippen LogP contribution is 2.30. The van der Waals surface area contributed by atoms with E-state index in [2.05, 4.69) is 0 Å². The maximum Gasteiger partial charge on any atom is 0.344 e. The Morgan fingerprint density at radius 1 is 1.06 bits per heavy atom. The molecular formula is C15H14O3. The fraction of sp³-hybridized carbons (Fsp3) is 0.133. The first-order chi connectivity index (χ1) is 8.68. The molecule has 0 heterocycles. The zero-order valence-corrected chi connectivity index (χ0v) is 10.0. The average molecular weight is 242 g/mol. The summed E-state index contributed by atoms with van der Waals surface area (Å²) >= 11 is 0. The van der Waals surface area contributed by atoms with Crippen molar-refractivity contribution in [1.82, 2.24) is 0 Å². The molecule has 2 aromatic carbocycles. The Morgan fingerprint density at radius 2 is 1.67 bits per heavy atom. The Morgan fingerprint density at radius 3 is 2.33 bits per heavy atom. The highest BCUT2D eigenvalue weighted by Gasteiger charge is 2.14. The first-order valence-electron chi connectivity index (χ1n) is 5.72. The fourth-order valence-corrected chi connectivity index (χ4v) is 1.67. The summed E-state index contributed by atoms with van der Waals surface area (Å²) in [6.45, 7) is 1.52. The molecule has 0 aliphatic rings. The van der Waals surface area contributed by atoms with E-state index in [9.17, 15) is 4.79 Å². The molecule has 0 saturated carbocycles. The summed E-state index contributed by atoms with van der Waals surface area (Å²) in [5.41, 5.74) is 1.90. The van der Waals surface area contributed by atoms with Gasteiger partial charge in [-0.2, -0.15) is 0 Å². The molecule has 3 heteroatoms. The van der Waals surface area contributed by atoms with Gasteiger partial charge in [0.25, 0.3) is 0 Å². The lowest BCUT2D eigenvalue weighted by molar-refractivity contribution is -0.144. The average Bonchev–Trinajstić information content (AvgIpc) is 2.40. The topological polar surface area (TPSA) is 46.5 Å². The number of ether oxygens (including phenoxy) is 1. The quantitative estimate of drug-likeness (QED) is 0.895. The maximum absolute atomic E-state index is 10.8. The van der Waals surface area contributed by atoms with Crippen molar-refractivity contribution in [1.29, 1.82) is 0 Å². The highest BCUT2D eigenvalue weighted by atomic mass is 16.5. The van der Waals surface area contributed by atoms with Crippen LogP contribution >= 0.6 is 0 Å². The highest BCUT2D eigenvalue weighted by molar-refractivity contribution is 5.74. The van der Waals surface area contributed by atoms with Crippen molar-refractivity contribution < 1.29 is 14.6 Å². The predicted molar refractivity (Wildman–Crippen MR) is 69.6 cm³/mol. The van der Waals surface area contributed by atoms with Crippen LogP contribution in [0, 0.1) is 0 Å². The molecule has 0 amide bonds. The third-order valence-corrected chi connectivity index (χ3v) is 2.62. The van der Waals surface area contributed by atoms with Gasteiger partial charge in [0.1, 0.15) is 5.75 Å². The Kier molecular flexibility index (Phi) is 3.63. The van der Waals surface area contributed by atoms with Crippen LogP contribution < -0.4 is 4.74 Å². The standard InChI is InChI=1S/C15H14O3/c1-11(15(16)17)18-14-10-6-5-9-13(14)12-7-3-2-4-8-12/h2-11H,1H3,(H,16,17). The molecule has 0 saturated heterocycles. The van der Waals surface area contributed by atoms with E-state index in [1.54, 1.807) is 6.07 Å². The fourth-order valence-electron chi connectivity index (χ4n) is 1.67. The molecule has 0 spiro atoms. The molecule has 18 heavy (non-hydrogen) atoms. The van der Waals surface area contributed by atoms with Gasteiger partial charge in [-0.05, 0) is 18.6 Å². The molecule has 0 radical (unpaired) electrons. The van der Waals surface area contributed by atoms with Gasteiger partial charge in [-0.25, -0.2) is 4.79 Å².